The fourth-order valence-electron chi connectivity index (χ4n) is 4.26. The van der Waals surface area contributed by atoms with E-state index < -0.39 is 0 Å². The molecule has 158 valence electrons. The summed E-state index contributed by atoms with van der Waals surface area (Å²) >= 11 is 0. The third kappa shape index (κ3) is 6.58. The van der Waals surface area contributed by atoms with E-state index in [4.69, 9.17) is 0 Å². The maximum Gasteiger partial charge on any atom is 0.115 e. The van der Waals surface area contributed by atoms with Crippen molar-refractivity contribution >= 4 is 0 Å². The molecule has 1 saturated heterocycles. The van der Waals surface area contributed by atoms with Gasteiger partial charge in [0.05, 0.1) is 6.10 Å². The topological polar surface area (TPSA) is 43.7 Å². The molecule has 3 rings (SSSR count). The van der Waals surface area contributed by atoms with Crippen LogP contribution in [0.4, 0.5) is 0 Å². The summed E-state index contributed by atoms with van der Waals surface area (Å²) in [6.45, 7) is 10.0. The zero-order valence-electron chi connectivity index (χ0n) is 18.3. The van der Waals surface area contributed by atoms with E-state index in [-0.39, 0.29) is 11.5 Å². The van der Waals surface area contributed by atoms with Gasteiger partial charge in [-0.3, -0.25) is 0 Å². The van der Waals surface area contributed by atoms with E-state index >= 15 is 0 Å². The van der Waals surface area contributed by atoms with Crippen LogP contribution in [0.3, 0.4) is 0 Å². The van der Waals surface area contributed by atoms with Crippen molar-refractivity contribution in [3.63, 3.8) is 0 Å². The molecule has 29 heavy (non-hydrogen) atoms. The van der Waals surface area contributed by atoms with Crippen molar-refractivity contribution in [2.75, 3.05) is 19.6 Å². The van der Waals surface area contributed by atoms with Crippen LogP contribution in [0.15, 0.2) is 48.5 Å². The van der Waals surface area contributed by atoms with Gasteiger partial charge < -0.3 is 15.1 Å². The first-order chi connectivity index (χ1) is 13.8. The third-order valence-corrected chi connectivity index (χ3v) is 6.28. The average Bonchev–Trinajstić information content (AvgIpc) is 2.70. The standard InChI is InChI=1S/C26H37NO2/c1-26(2,3)23-10-8-22(9-11-23)25(29)5-4-16-27-17-14-21(15-18-27)19-20-6-12-24(28)13-7-20/h6-13,21,25,28-29H,4-5,14-19H2,1-3H3. The van der Waals surface area contributed by atoms with Gasteiger partial charge in [-0.1, -0.05) is 57.2 Å². The highest BCUT2D eigenvalue weighted by molar-refractivity contribution is 5.28. The van der Waals surface area contributed by atoms with Gasteiger partial charge in [-0.2, -0.15) is 0 Å². The number of likely N-dealkylation sites (tertiary alicyclic amines) is 1. The zero-order chi connectivity index (χ0) is 20.9. The molecule has 0 aliphatic carbocycles. The van der Waals surface area contributed by atoms with Crippen LogP contribution in [0.5, 0.6) is 5.75 Å². The van der Waals surface area contributed by atoms with Crippen molar-refractivity contribution in [3.05, 3.63) is 65.2 Å². The number of aliphatic hydroxyl groups excluding tert-OH is 1. The van der Waals surface area contributed by atoms with Crippen molar-refractivity contribution in [1.82, 2.24) is 4.90 Å². The van der Waals surface area contributed by atoms with Crippen molar-refractivity contribution < 1.29 is 10.2 Å². The van der Waals surface area contributed by atoms with E-state index in [0.717, 1.165) is 50.4 Å². The number of nitrogens with zero attached hydrogens (tertiary/aromatic N) is 1. The fourth-order valence-corrected chi connectivity index (χ4v) is 4.26. The second-order valence-corrected chi connectivity index (χ2v) is 9.69. The van der Waals surface area contributed by atoms with Gasteiger partial charge in [0.25, 0.3) is 0 Å². The predicted molar refractivity (Wildman–Crippen MR) is 120 cm³/mol. The smallest absolute Gasteiger partial charge is 0.115 e. The van der Waals surface area contributed by atoms with Gasteiger partial charge in [0.1, 0.15) is 5.75 Å². The lowest BCUT2D eigenvalue weighted by Gasteiger charge is -2.32. The second-order valence-electron chi connectivity index (χ2n) is 9.69. The minimum absolute atomic E-state index is 0.151. The first-order valence-corrected chi connectivity index (χ1v) is 11.1. The van der Waals surface area contributed by atoms with Gasteiger partial charge in [-0.05, 0) is 91.9 Å². The maximum atomic E-state index is 10.5. The molecule has 0 spiro atoms. The Labute approximate surface area is 176 Å². The Morgan fingerprint density at radius 2 is 1.59 bits per heavy atom. The molecule has 2 aromatic carbocycles. The summed E-state index contributed by atoms with van der Waals surface area (Å²) < 4.78 is 0. The van der Waals surface area contributed by atoms with Gasteiger partial charge in [-0.25, -0.2) is 0 Å². The Bertz CT molecular complexity index is 738. The molecule has 0 aromatic heterocycles. The van der Waals surface area contributed by atoms with Gasteiger partial charge in [0.2, 0.25) is 0 Å². The Balaban J connectivity index is 1.36. The minimum Gasteiger partial charge on any atom is -0.508 e. The summed E-state index contributed by atoms with van der Waals surface area (Å²) in [5.41, 5.74) is 3.81. The van der Waals surface area contributed by atoms with Gasteiger partial charge in [-0.15, -0.1) is 0 Å². The lowest BCUT2D eigenvalue weighted by atomic mass is 9.86. The largest absolute Gasteiger partial charge is 0.508 e. The monoisotopic (exact) mass is 395 g/mol. The summed E-state index contributed by atoms with van der Waals surface area (Å²) in [5, 5.41) is 19.9. The van der Waals surface area contributed by atoms with Crippen LogP contribution < -0.4 is 0 Å². The Morgan fingerprint density at radius 3 is 2.17 bits per heavy atom. The molecule has 1 fully saturated rings. The number of benzene rings is 2. The van der Waals surface area contributed by atoms with E-state index in [1.165, 1.54) is 24.0 Å². The molecule has 2 N–H and O–H groups in total. The average molecular weight is 396 g/mol. The first-order valence-electron chi connectivity index (χ1n) is 11.1. The molecule has 1 heterocycles. The molecule has 0 amide bonds. The Hall–Kier alpha value is -1.84. The van der Waals surface area contributed by atoms with Gasteiger partial charge in [0.15, 0.2) is 0 Å². The summed E-state index contributed by atoms with van der Waals surface area (Å²) in [4.78, 5) is 2.54. The summed E-state index contributed by atoms with van der Waals surface area (Å²) in [5.74, 6) is 1.08. The molecule has 3 nitrogen and oxygen atoms in total. The molecule has 1 unspecified atom stereocenters. The number of phenols is 1. The van der Waals surface area contributed by atoms with E-state index in [9.17, 15) is 10.2 Å². The lowest BCUT2D eigenvalue weighted by Crippen LogP contribution is -2.35. The minimum atomic E-state index is -0.365. The van der Waals surface area contributed by atoms with Crippen molar-refractivity contribution in [2.24, 2.45) is 5.92 Å². The number of aliphatic hydroxyl groups is 1. The maximum absolute atomic E-state index is 10.5. The van der Waals surface area contributed by atoms with Crippen LogP contribution in [0, 0.1) is 5.92 Å². The fraction of sp³-hybridized carbons (Fsp3) is 0.538. The van der Waals surface area contributed by atoms with Gasteiger partial charge in [0, 0.05) is 0 Å². The SMILES string of the molecule is CC(C)(C)c1ccc(C(O)CCCN2CCC(Cc3ccc(O)cc3)CC2)cc1. The predicted octanol–water partition coefficient (Wildman–Crippen LogP) is 5.46. The molecule has 1 aliphatic rings. The van der Waals surface area contributed by atoms with Crippen LogP contribution in [0.2, 0.25) is 0 Å². The molecule has 0 radical (unpaired) electrons. The van der Waals surface area contributed by atoms with Crippen molar-refractivity contribution in [3.8, 4) is 5.75 Å². The molecule has 2 aromatic rings. The summed E-state index contributed by atoms with van der Waals surface area (Å²) in [6.07, 6.45) is 5.07. The Morgan fingerprint density at radius 1 is 0.966 bits per heavy atom. The molecular formula is C26H37NO2. The molecule has 1 aliphatic heterocycles. The van der Waals surface area contributed by atoms with Crippen LogP contribution >= 0.6 is 0 Å². The zero-order valence-corrected chi connectivity index (χ0v) is 18.3. The molecule has 1 atom stereocenters. The van der Waals surface area contributed by atoms with Crippen LogP contribution in [0.25, 0.3) is 0 Å². The number of rotatable bonds is 7. The first kappa shape index (κ1) is 21.9. The quantitative estimate of drug-likeness (QED) is 0.654. The molecule has 0 saturated carbocycles. The number of aromatic hydroxyl groups is 1. The second kappa shape index (κ2) is 9.77. The molecule has 0 bridgehead atoms. The van der Waals surface area contributed by atoms with Crippen molar-refractivity contribution in [2.45, 2.75) is 64.4 Å². The Kier molecular flexibility index (Phi) is 7.37. The third-order valence-electron chi connectivity index (χ3n) is 6.28. The van der Waals surface area contributed by atoms with Crippen LogP contribution in [-0.4, -0.2) is 34.7 Å². The molecule has 3 heteroatoms. The lowest BCUT2D eigenvalue weighted by molar-refractivity contribution is 0.142. The van der Waals surface area contributed by atoms with E-state index in [1.54, 1.807) is 12.1 Å². The highest BCUT2D eigenvalue weighted by atomic mass is 16.3. The van der Waals surface area contributed by atoms with Crippen LogP contribution in [-0.2, 0) is 11.8 Å². The molecular weight excluding hydrogens is 358 g/mol. The van der Waals surface area contributed by atoms with E-state index in [0.29, 0.717) is 5.75 Å². The number of hydrogen-bond donors (Lipinski definition) is 2. The number of phenolic OH excluding ortho intramolecular Hbond substituents is 1. The van der Waals surface area contributed by atoms with Crippen molar-refractivity contribution in [1.29, 1.82) is 0 Å². The number of piperidine rings is 1. The van der Waals surface area contributed by atoms with E-state index in [1.807, 2.05) is 12.1 Å². The highest BCUT2D eigenvalue weighted by Crippen LogP contribution is 2.26. The summed E-state index contributed by atoms with van der Waals surface area (Å²) in [6, 6.07) is 16.1. The van der Waals surface area contributed by atoms with Gasteiger partial charge >= 0.3 is 0 Å². The van der Waals surface area contributed by atoms with E-state index in [2.05, 4.69) is 49.9 Å². The summed E-state index contributed by atoms with van der Waals surface area (Å²) in [7, 11) is 0. The van der Waals surface area contributed by atoms with Crippen LogP contribution in [0.1, 0.15) is 69.2 Å². The number of hydrogen-bond acceptors (Lipinski definition) is 3. The normalized spacial score (nSPS) is 17.4. The highest BCUT2D eigenvalue weighted by Gasteiger charge is 2.20.